The molecule has 1 aromatic carbocycles. The predicted octanol–water partition coefficient (Wildman–Crippen LogP) is 4.29. The van der Waals surface area contributed by atoms with E-state index in [1.807, 2.05) is 30.3 Å². The van der Waals surface area contributed by atoms with Crippen LogP contribution in [0.15, 0.2) is 46.9 Å². The molecule has 1 amide bonds. The lowest BCUT2D eigenvalue weighted by molar-refractivity contribution is -0.128. The van der Waals surface area contributed by atoms with Crippen LogP contribution in [-0.4, -0.2) is 36.8 Å². The van der Waals surface area contributed by atoms with Gasteiger partial charge in [-0.25, -0.2) is 8.42 Å². The molecule has 154 valence electrons. The number of hydrogen-bond acceptors (Lipinski definition) is 4. The SMILES string of the molecule is CC1CC1c1ccc(CN(C(=O)/C=C/c2ccccc2Cl)C2CCS(=O)(=O)C2)o1. The molecule has 3 atom stereocenters. The molecule has 1 aromatic heterocycles. The lowest BCUT2D eigenvalue weighted by Gasteiger charge is -2.26. The van der Waals surface area contributed by atoms with E-state index in [-0.39, 0.29) is 30.0 Å². The lowest BCUT2D eigenvalue weighted by atomic mass is 10.1. The van der Waals surface area contributed by atoms with Gasteiger partial charge in [-0.3, -0.25) is 4.79 Å². The third-order valence-electron chi connectivity index (χ3n) is 5.73. The minimum atomic E-state index is -3.12. The van der Waals surface area contributed by atoms with Crippen LogP contribution in [-0.2, 0) is 21.2 Å². The molecule has 2 aliphatic rings. The summed E-state index contributed by atoms with van der Waals surface area (Å²) in [4.78, 5) is 14.6. The van der Waals surface area contributed by atoms with Crippen LogP contribution in [0.1, 0.15) is 42.8 Å². The smallest absolute Gasteiger partial charge is 0.247 e. The summed E-state index contributed by atoms with van der Waals surface area (Å²) >= 11 is 6.16. The molecule has 29 heavy (non-hydrogen) atoms. The Kier molecular flexibility index (Phi) is 5.58. The number of nitrogens with zero attached hydrogens (tertiary/aromatic N) is 1. The zero-order chi connectivity index (χ0) is 20.6. The molecule has 1 saturated carbocycles. The first kappa shape index (κ1) is 20.2. The minimum Gasteiger partial charge on any atom is -0.464 e. The molecule has 0 N–H and O–H groups in total. The van der Waals surface area contributed by atoms with E-state index in [0.717, 1.165) is 17.7 Å². The van der Waals surface area contributed by atoms with Crippen LogP contribution >= 0.6 is 11.6 Å². The van der Waals surface area contributed by atoms with E-state index in [2.05, 4.69) is 6.92 Å². The Labute approximate surface area is 176 Å². The van der Waals surface area contributed by atoms with E-state index in [4.69, 9.17) is 16.0 Å². The van der Waals surface area contributed by atoms with Gasteiger partial charge in [0, 0.05) is 23.1 Å². The van der Waals surface area contributed by atoms with Gasteiger partial charge in [-0.05, 0) is 48.6 Å². The van der Waals surface area contributed by atoms with Crippen molar-refractivity contribution < 1.29 is 17.6 Å². The average molecular weight is 434 g/mol. The zero-order valence-corrected chi connectivity index (χ0v) is 17.8. The molecule has 2 heterocycles. The second-order valence-corrected chi connectivity index (χ2v) is 10.6. The van der Waals surface area contributed by atoms with Crippen molar-refractivity contribution in [2.45, 2.75) is 38.3 Å². The van der Waals surface area contributed by atoms with Gasteiger partial charge in [0.25, 0.3) is 0 Å². The van der Waals surface area contributed by atoms with Crippen molar-refractivity contribution in [2.75, 3.05) is 11.5 Å². The van der Waals surface area contributed by atoms with Crippen molar-refractivity contribution in [2.24, 2.45) is 5.92 Å². The van der Waals surface area contributed by atoms with Gasteiger partial charge >= 0.3 is 0 Å². The Morgan fingerprint density at radius 2 is 2.03 bits per heavy atom. The van der Waals surface area contributed by atoms with E-state index in [1.165, 1.54) is 6.08 Å². The quantitative estimate of drug-likeness (QED) is 0.637. The van der Waals surface area contributed by atoms with Gasteiger partial charge in [0.15, 0.2) is 9.84 Å². The molecule has 7 heteroatoms. The highest BCUT2D eigenvalue weighted by molar-refractivity contribution is 7.91. The number of sulfone groups is 1. The van der Waals surface area contributed by atoms with Crippen LogP contribution in [0.5, 0.6) is 0 Å². The lowest BCUT2D eigenvalue weighted by Crippen LogP contribution is -2.39. The topological polar surface area (TPSA) is 67.6 Å². The maximum atomic E-state index is 13.0. The molecule has 1 aliphatic carbocycles. The van der Waals surface area contributed by atoms with Crippen LogP contribution < -0.4 is 0 Å². The molecule has 0 radical (unpaired) electrons. The highest BCUT2D eigenvalue weighted by atomic mass is 35.5. The Hall–Kier alpha value is -2.05. The van der Waals surface area contributed by atoms with Crippen molar-refractivity contribution in [3.05, 3.63) is 64.6 Å². The first-order chi connectivity index (χ1) is 13.8. The van der Waals surface area contributed by atoms with Crippen LogP contribution in [0.2, 0.25) is 5.02 Å². The van der Waals surface area contributed by atoms with E-state index in [9.17, 15) is 13.2 Å². The van der Waals surface area contributed by atoms with Crippen molar-refractivity contribution in [1.29, 1.82) is 0 Å². The predicted molar refractivity (Wildman–Crippen MR) is 113 cm³/mol. The summed E-state index contributed by atoms with van der Waals surface area (Å²) in [6, 6.07) is 10.8. The van der Waals surface area contributed by atoms with Gasteiger partial charge in [0.2, 0.25) is 5.91 Å². The fraction of sp³-hybridized carbons (Fsp3) is 0.409. The van der Waals surface area contributed by atoms with E-state index in [0.29, 0.717) is 29.0 Å². The summed E-state index contributed by atoms with van der Waals surface area (Å²) in [5, 5.41) is 0.556. The molecular weight excluding hydrogens is 410 g/mol. The number of benzene rings is 1. The highest BCUT2D eigenvalue weighted by Gasteiger charge is 2.37. The molecule has 1 saturated heterocycles. The van der Waals surface area contributed by atoms with Crippen molar-refractivity contribution >= 4 is 33.4 Å². The number of amides is 1. The third-order valence-corrected chi connectivity index (χ3v) is 7.82. The van der Waals surface area contributed by atoms with Gasteiger partial charge in [-0.15, -0.1) is 0 Å². The number of carbonyl (C=O) groups excluding carboxylic acids is 1. The van der Waals surface area contributed by atoms with Gasteiger partial charge in [0.1, 0.15) is 11.5 Å². The van der Waals surface area contributed by atoms with Gasteiger partial charge in [0.05, 0.1) is 18.1 Å². The molecular formula is C22H24ClNO4S. The van der Waals surface area contributed by atoms with Crippen molar-refractivity contribution in [1.82, 2.24) is 4.90 Å². The number of carbonyl (C=O) groups is 1. The van der Waals surface area contributed by atoms with Crippen LogP contribution in [0.4, 0.5) is 0 Å². The first-order valence-electron chi connectivity index (χ1n) is 9.84. The maximum absolute atomic E-state index is 13.0. The molecule has 2 fully saturated rings. The van der Waals surface area contributed by atoms with E-state index < -0.39 is 9.84 Å². The summed E-state index contributed by atoms with van der Waals surface area (Å²) < 4.78 is 29.9. The number of hydrogen-bond donors (Lipinski definition) is 0. The number of halogens is 1. The summed E-state index contributed by atoms with van der Waals surface area (Å²) in [6.07, 6.45) is 4.69. The standard InChI is InChI=1S/C22H24ClNO4S/c1-15-12-19(15)21-8-7-18(28-21)13-24(17-10-11-29(26,27)14-17)22(25)9-6-16-4-2-3-5-20(16)23/h2-9,15,17,19H,10-14H2,1H3/b9-6+. The minimum absolute atomic E-state index is 0.00804. The highest BCUT2D eigenvalue weighted by Crippen LogP contribution is 2.47. The Morgan fingerprint density at radius 3 is 2.69 bits per heavy atom. The zero-order valence-electron chi connectivity index (χ0n) is 16.3. The summed E-state index contributed by atoms with van der Waals surface area (Å²) in [5.41, 5.74) is 0.740. The van der Waals surface area contributed by atoms with Crippen LogP contribution in [0, 0.1) is 5.92 Å². The second-order valence-electron chi connectivity index (χ2n) is 8.00. The first-order valence-corrected chi connectivity index (χ1v) is 12.0. The Bertz CT molecular complexity index is 1040. The molecule has 2 aromatic rings. The Morgan fingerprint density at radius 1 is 1.28 bits per heavy atom. The summed E-state index contributed by atoms with van der Waals surface area (Å²) in [6.45, 7) is 2.44. The normalized spacial score (nSPS) is 25.4. The summed E-state index contributed by atoms with van der Waals surface area (Å²) in [5.74, 6) is 2.58. The van der Waals surface area contributed by atoms with Crippen LogP contribution in [0.25, 0.3) is 6.08 Å². The van der Waals surface area contributed by atoms with Crippen molar-refractivity contribution in [3.8, 4) is 0 Å². The second kappa shape index (κ2) is 8.00. The number of furan rings is 1. The third kappa shape index (κ3) is 4.75. The molecule has 0 bridgehead atoms. The van der Waals surface area contributed by atoms with Gasteiger partial charge in [-0.2, -0.15) is 0 Å². The number of rotatable bonds is 6. The van der Waals surface area contributed by atoms with E-state index in [1.54, 1.807) is 17.0 Å². The van der Waals surface area contributed by atoms with E-state index >= 15 is 0 Å². The van der Waals surface area contributed by atoms with Gasteiger partial charge < -0.3 is 9.32 Å². The largest absolute Gasteiger partial charge is 0.464 e. The van der Waals surface area contributed by atoms with Crippen molar-refractivity contribution in [3.63, 3.8) is 0 Å². The monoisotopic (exact) mass is 433 g/mol. The molecule has 1 aliphatic heterocycles. The fourth-order valence-corrected chi connectivity index (χ4v) is 5.77. The molecule has 0 spiro atoms. The molecule has 3 unspecified atom stereocenters. The molecule has 4 rings (SSSR count). The van der Waals surface area contributed by atoms with Gasteiger partial charge in [-0.1, -0.05) is 36.7 Å². The maximum Gasteiger partial charge on any atom is 0.247 e. The molecule has 5 nitrogen and oxygen atoms in total. The average Bonchev–Trinajstić information content (AvgIpc) is 3.07. The Balaban J connectivity index is 1.54. The summed E-state index contributed by atoms with van der Waals surface area (Å²) in [7, 11) is -3.12. The fourth-order valence-electron chi connectivity index (χ4n) is 3.84. The van der Waals surface area contributed by atoms with Crippen LogP contribution in [0.3, 0.4) is 0 Å².